The molecule has 3 saturated carbocycles. The molecule has 0 aromatic rings. The van der Waals surface area contributed by atoms with E-state index in [0.717, 1.165) is 24.7 Å². The molecule has 3 aliphatic rings. The Morgan fingerprint density at radius 3 is 2.68 bits per heavy atom. The van der Waals surface area contributed by atoms with Crippen LogP contribution in [0.2, 0.25) is 0 Å². The summed E-state index contributed by atoms with van der Waals surface area (Å²) < 4.78 is 0. The van der Waals surface area contributed by atoms with Gasteiger partial charge in [-0.1, -0.05) is 37.6 Å². The van der Waals surface area contributed by atoms with Gasteiger partial charge < -0.3 is 4.85 Å². The highest BCUT2D eigenvalue weighted by molar-refractivity contribution is 5.27. The van der Waals surface area contributed by atoms with E-state index in [4.69, 9.17) is 6.57 Å². The van der Waals surface area contributed by atoms with E-state index in [9.17, 15) is 0 Å². The summed E-state index contributed by atoms with van der Waals surface area (Å²) in [4.78, 5) is 4.34. The average molecular weight is 297 g/mol. The van der Waals surface area contributed by atoms with Crippen molar-refractivity contribution in [1.82, 2.24) is 0 Å². The van der Waals surface area contributed by atoms with Gasteiger partial charge in [-0.05, 0) is 63.2 Å². The summed E-state index contributed by atoms with van der Waals surface area (Å²) in [6, 6.07) is 0. The van der Waals surface area contributed by atoms with E-state index in [-0.39, 0.29) is 5.54 Å². The zero-order valence-electron chi connectivity index (χ0n) is 14.7. The maximum atomic E-state index is 8.04. The van der Waals surface area contributed by atoms with Crippen LogP contribution in [0.4, 0.5) is 0 Å². The Morgan fingerprint density at radius 2 is 2.05 bits per heavy atom. The first-order chi connectivity index (χ1) is 10.4. The molecule has 0 unspecified atom stereocenters. The highest BCUT2D eigenvalue weighted by atomic mass is 14.9. The van der Waals surface area contributed by atoms with Crippen LogP contribution in [0.15, 0.2) is 23.8 Å². The summed E-state index contributed by atoms with van der Waals surface area (Å²) in [6.45, 7) is 21.7. The number of allylic oxidation sites excluding steroid dienone is 3. The van der Waals surface area contributed by atoms with Gasteiger partial charge in [-0.2, -0.15) is 0 Å². The van der Waals surface area contributed by atoms with Crippen LogP contribution in [0.25, 0.3) is 4.85 Å². The monoisotopic (exact) mass is 297 g/mol. The van der Waals surface area contributed by atoms with Crippen molar-refractivity contribution in [3.8, 4) is 0 Å². The third-order valence-corrected chi connectivity index (χ3v) is 7.12. The third kappa shape index (κ3) is 2.18. The molecule has 3 aliphatic carbocycles. The van der Waals surface area contributed by atoms with Gasteiger partial charge in [-0.25, -0.2) is 6.57 Å². The molecule has 1 nitrogen and oxygen atoms in total. The summed E-state index contributed by atoms with van der Waals surface area (Å²) in [5, 5.41) is 0. The fraction of sp³-hybridized carbons (Fsp3) is 0.762. The van der Waals surface area contributed by atoms with Gasteiger partial charge in [-0.15, -0.1) is 0 Å². The Kier molecular flexibility index (Phi) is 4.00. The van der Waals surface area contributed by atoms with Crippen LogP contribution < -0.4 is 0 Å². The Labute approximate surface area is 136 Å². The van der Waals surface area contributed by atoms with Crippen LogP contribution in [0.1, 0.15) is 59.8 Å². The largest absolute Gasteiger partial charge is 0.310 e. The zero-order chi connectivity index (χ0) is 16.1. The summed E-state index contributed by atoms with van der Waals surface area (Å²) in [6.07, 6.45) is 8.49. The van der Waals surface area contributed by atoms with Gasteiger partial charge in [0.1, 0.15) is 0 Å². The third-order valence-electron chi connectivity index (χ3n) is 7.12. The van der Waals surface area contributed by atoms with E-state index >= 15 is 0 Å². The van der Waals surface area contributed by atoms with E-state index in [1.807, 2.05) is 0 Å². The minimum atomic E-state index is -0.100. The maximum absolute atomic E-state index is 8.04. The number of nitrogens with zero attached hydrogens (tertiary/aromatic N) is 1. The molecule has 0 saturated heterocycles. The van der Waals surface area contributed by atoms with Crippen molar-refractivity contribution in [2.45, 2.75) is 65.3 Å². The highest BCUT2D eigenvalue weighted by Crippen LogP contribution is 2.62. The average Bonchev–Trinajstić information content (AvgIpc) is 2.46. The maximum Gasteiger partial charge on any atom is 0.239 e. The smallest absolute Gasteiger partial charge is 0.239 e. The van der Waals surface area contributed by atoms with Gasteiger partial charge >= 0.3 is 0 Å². The minimum absolute atomic E-state index is 0.100. The second kappa shape index (κ2) is 5.55. The topological polar surface area (TPSA) is 4.36 Å². The molecule has 0 bridgehead atoms. The number of hydrogen-bond donors (Lipinski definition) is 0. The Bertz CT molecular complexity index is 533. The van der Waals surface area contributed by atoms with E-state index in [2.05, 4.69) is 45.2 Å². The van der Waals surface area contributed by atoms with Crippen molar-refractivity contribution in [3.05, 3.63) is 35.2 Å². The van der Waals surface area contributed by atoms with E-state index in [0.29, 0.717) is 23.7 Å². The first kappa shape index (κ1) is 15.9. The lowest BCUT2D eigenvalue weighted by atomic mass is 9.45. The molecule has 3 rings (SSSR count). The fourth-order valence-electron chi connectivity index (χ4n) is 6.14. The van der Waals surface area contributed by atoms with Gasteiger partial charge in [0.25, 0.3) is 0 Å². The minimum Gasteiger partial charge on any atom is -0.310 e. The summed E-state index contributed by atoms with van der Waals surface area (Å²) >= 11 is 0. The SMILES string of the molecule is [C-]#[N+][C@]12CCC(=C)[C@@H]3[C@@H]1[C@H](CC[C@@H]2C)[C@@H](C)C[C@@H]3C=C(C)C. The van der Waals surface area contributed by atoms with Crippen molar-refractivity contribution in [2.24, 2.45) is 35.5 Å². The lowest BCUT2D eigenvalue weighted by Gasteiger charge is -2.57. The van der Waals surface area contributed by atoms with Crippen LogP contribution in [-0.2, 0) is 0 Å². The lowest BCUT2D eigenvalue weighted by Crippen LogP contribution is -2.58. The number of hydrogen-bond acceptors (Lipinski definition) is 0. The van der Waals surface area contributed by atoms with Crippen LogP contribution >= 0.6 is 0 Å². The Morgan fingerprint density at radius 1 is 1.32 bits per heavy atom. The molecule has 3 fully saturated rings. The first-order valence-corrected chi connectivity index (χ1v) is 9.12. The first-order valence-electron chi connectivity index (χ1n) is 9.12. The quantitative estimate of drug-likeness (QED) is 0.419. The predicted molar refractivity (Wildman–Crippen MR) is 93.3 cm³/mol. The second-order valence-corrected chi connectivity index (χ2v) is 8.58. The molecule has 0 radical (unpaired) electrons. The van der Waals surface area contributed by atoms with Crippen LogP contribution in [-0.4, -0.2) is 5.54 Å². The van der Waals surface area contributed by atoms with Crippen LogP contribution in [0, 0.1) is 42.1 Å². The van der Waals surface area contributed by atoms with Gasteiger partial charge in [-0.3, -0.25) is 0 Å². The molecule has 0 N–H and O–H groups in total. The molecule has 0 amide bonds. The highest BCUT2D eigenvalue weighted by Gasteiger charge is 2.63. The Balaban J connectivity index is 2.09. The standard InChI is InChI=1S/C21H31N/c1-13(2)11-17-12-15(4)18-8-7-16(5)21(22-6)10-9-14(3)19(17)20(18)21/h11,15-20H,3,7-10,12H2,1-2,4-5H3/t15-,16-,17-,18+,19-,20-,21-/m0/s1. The van der Waals surface area contributed by atoms with Crippen LogP contribution in [0.5, 0.6) is 0 Å². The molecular weight excluding hydrogens is 266 g/mol. The summed E-state index contributed by atoms with van der Waals surface area (Å²) in [5.74, 6) is 3.77. The molecule has 1 heteroatoms. The van der Waals surface area contributed by atoms with Crippen molar-refractivity contribution >= 4 is 0 Å². The molecule has 0 aromatic heterocycles. The van der Waals surface area contributed by atoms with Crippen LogP contribution in [0.3, 0.4) is 0 Å². The second-order valence-electron chi connectivity index (χ2n) is 8.58. The van der Waals surface area contributed by atoms with Gasteiger partial charge in [0.05, 0.1) is 0 Å². The van der Waals surface area contributed by atoms with Gasteiger partial charge in [0, 0.05) is 18.3 Å². The van der Waals surface area contributed by atoms with E-state index in [1.165, 1.54) is 30.4 Å². The number of rotatable bonds is 1. The normalized spacial score (nSPS) is 47.3. The van der Waals surface area contributed by atoms with Crippen molar-refractivity contribution in [2.75, 3.05) is 0 Å². The van der Waals surface area contributed by atoms with E-state index in [1.54, 1.807) is 0 Å². The molecule has 120 valence electrons. The fourth-order valence-corrected chi connectivity index (χ4v) is 6.14. The molecular formula is C21H31N. The zero-order valence-corrected chi connectivity index (χ0v) is 14.7. The molecule has 0 aromatic carbocycles. The van der Waals surface area contributed by atoms with Gasteiger partial charge in [0.2, 0.25) is 5.54 Å². The molecule has 7 atom stereocenters. The molecule has 22 heavy (non-hydrogen) atoms. The lowest BCUT2D eigenvalue weighted by molar-refractivity contribution is -0.0392. The van der Waals surface area contributed by atoms with Crippen molar-refractivity contribution in [3.63, 3.8) is 0 Å². The molecule has 0 aliphatic heterocycles. The predicted octanol–water partition coefficient (Wildman–Crippen LogP) is 5.90. The van der Waals surface area contributed by atoms with Gasteiger partial charge in [0.15, 0.2) is 0 Å². The van der Waals surface area contributed by atoms with Crippen molar-refractivity contribution in [1.29, 1.82) is 0 Å². The Hall–Kier alpha value is -1.03. The molecule has 0 spiro atoms. The summed E-state index contributed by atoms with van der Waals surface area (Å²) in [7, 11) is 0. The van der Waals surface area contributed by atoms with Crippen molar-refractivity contribution < 1.29 is 0 Å². The molecule has 0 heterocycles. The summed E-state index contributed by atoms with van der Waals surface area (Å²) in [5.41, 5.74) is 2.76. The van der Waals surface area contributed by atoms with E-state index < -0.39 is 0 Å².